The van der Waals surface area contributed by atoms with E-state index < -0.39 is 17.3 Å². The van der Waals surface area contributed by atoms with E-state index in [0.717, 1.165) is 12.1 Å². The fraction of sp³-hybridized carbons (Fsp3) is 0.400. The van der Waals surface area contributed by atoms with Gasteiger partial charge in [0, 0.05) is 30.6 Å². The molecule has 3 aromatic heterocycles. The summed E-state index contributed by atoms with van der Waals surface area (Å²) in [5.41, 5.74) is -0.311. The highest BCUT2D eigenvalue weighted by molar-refractivity contribution is 5.73. The van der Waals surface area contributed by atoms with Crippen molar-refractivity contribution in [3.8, 4) is 22.8 Å². The number of rotatable bonds is 3. The predicted octanol–water partition coefficient (Wildman–Crippen LogP) is 4.87. The third-order valence-corrected chi connectivity index (χ3v) is 6.20. The minimum atomic E-state index is -4.51. The Morgan fingerprint density at radius 1 is 1.16 bits per heavy atom. The molecule has 0 aliphatic carbocycles. The van der Waals surface area contributed by atoms with Gasteiger partial charge in [-0.25, -0.2) is 9.31 Å². The van der Waals surface area contributed by atoms with Gasteiger partial charge in [0.25, 0.3) is 11.4 Å². The lowest BCUT2D eigenvalue weighted by atomic mass is 9.93. The number of nitrogens with one attached hydrogen (secondary N) is 1. The van der Waals surface area contributed by atoms with E-state index in [-0.39, 0.29) is 34.8 Å². The normalized spacial score (nSPS) is 15.3. The SMILES string of the molecule is CC(C)(C)OC(=O)N1CCC(c2cc(=O)[nH]c3c(-c4noc(-c5cccc(C(F)(F)F)c5)n4)cnn23)CC1. The molecule has 1 aromatic carbocycles. The number of amides is 1. The minimum absolute atomic E-state index is 0.0443. The molecular formula is C25H25F3N6O4. The van der Waals surface area contributed by atoms with Gasteiger partial charge in [-0.1, -0.05) is 11.2 Å². The zero-order valence-electron chi connectivity index (χ0n) is 20.9. The molecule has 1 aliphatic rings. The number of piperidine rings is 1. The van der Waals surface area contributed by atoms with Crippen molar-refractivity contribution in [3.05, 3.63) is 58.1 Å². The Hall–Kier alpha value is -4.16. The maximum absolute atomic E-state index is 13.1. The van der Waals surface area contributed by atoms with Crippen molar-refractivity contribution in [2.75, 3.05) is 13.1 Å². The van der Waals surface area contributed by atoms with E-state index in [4.69, 9.17) is 9.26 Å². The molecule has 0 saturated carbocycles. The molecule has 0 bridgehead atoms. The first kappa shape index (κ1) is 25.5. The lowest BCUT2D eigenvalue weighted by Crippen LogP contribution is -2.41. The highest BCUT2D eigenvalue weighted by atomic mass is 19.4. The number of nitrogens with zero attached hydrogens (tertiary/aromatic N) is 5. The molecule has 0 radical (unpaired) electrons. The van der Waals surface area contributed by atoms with Gasteiger partial charge >= 0.3 is 12.3 Å². The lowest BCUT2D eigenvalue weighted by molar-refractivity contribution is -0.137. The zero-order chi connectivity index (χ0) is 27.2. The number of fused-ring (bicyclic) bond motifs is 1. The number of carbonyl (C=O) groups excluding carboxylic acids is 1. The Labute approximate surface area is 214 Å². The van der Waals surface area contributed by atoms with E-state index in [0.29, 0.717) is 42.8 Å². The topological polar surface area (TPSA) is 119 Å². The molecule has 0 atom stereocenters. The van der Waals surface area contributed by atoms with E-state index >= 15 is 0 Å². The lowest BCUT2D eigenvalue weighted by Gasteiger charge is -2.33. The highest BCUT2D eigenvalue weighted by Gasteiger charge is 2.32. The van der Waals surface area contributed by atoms with Crippen LogP contribution in [0.1, 0.15) is 50.8 Å². The molecule has 1 saturated heterocycles. The van der Waals surface area contributed by atoms with Crippen LogP contribution in [0.4, 0.5) is 18.0 Å². The fourth-order valence-electron chi connectivity index (χ4n) is 4.43. The van der Waals surface area contributed by atoms with Crippen molar-refractivity contribution in [2.24, 2.45) is 0 Å². The molecule has 4 heterocycles. The Kier molecular flexibility index (Phi) is 6.24. The average Bonchev–Trinajstić information content (AvgIpc) is 3.49. The van der Waals surface area contributed by atoms with E-state index in [1.807, 2.05) is 20.8 Å². The molecule has 200 valence electrons. The number of aromatic amines is 1. The summed E-state index contributed by atoms with van der Waals surface area (Å²) in [6.45, 7) is 6.37. The van der Waals surface area contributed by atoms with Crippen molar-refractivity contribution >= 4 is 11.7 Å². The second kappa shape index (κ2) is 9.30. The van der Waals surface area contributed by atoms with E-state index in [2.05, 4.69) is 20.2 Å². The number of halogens is 3. The van der Waals surface area contributed by atoms with Crippen LogP contribution >= 0.6 is 0 Å². The molecule has 1 fully saturated rings. The van der Waals surface area contributed by atoms with Gasteiger partial charge in [0.15, 0.2) is 0 Å². The first-order valence-corrected chi connectivity index (χ1v) is 12.0. The second-order valence-corrected chi connectivity index (χ2v) is 10.1. The van der Waals surface area contributed by atoms with Gasteiger partial charge in [-0.3, -0.25) is 4.79 Å². The monoisotopic (exact) mass is 530 g/mol. The Bertz CT molecular complexity index is 1540. The van der Waals surface area contributed by atoms with Gasteiger partial charge in [0.2, 0.25) is 5.82 Å². The third kappa shape index (κ3) is 5.13. The Balaban J connectivity index is 1.41. The molecule has 10 nitrogen and oxygen atoms in total. The standard InChI is InChI=1S/C25H25F3N6O4/c1-24(2,3)37-23(36)33-9-7-14(8-10-33)18-12-19(35)30-21-17(13-29-34(18)21)20-31-22(38-32-20)15-5-4-6-16(11-15)25(26,27)28/h4-6,11-14H,7-10H2,1-3H3,(H,30,35). The Morgan fingerprint density at radius 2 is 1.89 bits per heavy atom. The van der Waals surface area contributed by atoms with Gasteiger partial charge in [0.05, 0.1) is 23.0 Å². The fourth-order valence-corrected chi connectivity index (χ4v) is 4.43. The molecule has 1 aliphatic heterocycles. The van der Waals surface area contributed by atoms with Crippen LogP contribution in [-0.4, -0.2) is 54.4 Å². The number of ether oxygens (including phenoxy) is 1. The van der Waals surface area contributed by atoms with Crippen LogP contribution < -0.4 is 5.56 Å². The molecule has 38 heavy (non-hydrogen) atoms. The second-order valence-electron chi connectivity index (χ2n) is 10.1. The maximum Gasteiger partial charge on any atom is 0.416 e. The first-order valence-electron chi connectivity index (χ1n) is 12.0. The molecule has 0 spiro atoms. The highest BCUT2D eigenvalue weighted by Crippen LogP contribution is 2.33. The number of aromatic nitrogens is 5. The largest absolute Gasteiger partial charge is 0.444 e. The summed E-state index contributed by atoms with van der Waals surface area (Å²) in [4.78, 5) is 33.6. The molecule has 0 unspecified atom stereocenters. The summed E-state index contributed by atoms with van der Waals surface area (Å²) in [6, 6.07) is 6.05. The van der Waals surface area contributed by atoms with Crippen LogP contribution in [0.5, 0.6) is 0 Å². The van der Waals surface area contributed by atoms with E-state index in [9.17, 15) is 22.8 Å². The van der Waals surface area contributed by atoms with Crippen molar-refractivity contribution in [2.45, 2.75) is 51.3 Å². The number of alkyl halides is 3. The van der Waals surface area contributed by atoms with Crippen molar-refractivity contribution in [1.82, 2.24) is 29.6 Å². The first-order chi connectivity index (χ1) is 17.9. The molecule has 1 N–H and O–H groups in total. The Morgan fingerprint density at radius 3 is 2.58 bits per heavy atom. The minimum Gasteiger partial charge on any atom is -0.444 e. The predicted molar refractivity (Wildman–Crippen MR) is 129 cm³/mol. The summed E-state index contributed by atoms with van der Waals surface area (Å²) >= 11 is 0. The van der Waals surface area contributed by atoms with Gasteiger partial charge < -0.3 is 19.1 Å². The summed E-state index contributed by atoms with van der Waals surface area (Å²) in [7, 11) is 0. The van der Waals surface area contributed by atoms with Crippen LogP contribution in [0.25, 0.3) is 28.5 Å². The summed E-state index contributed by atoms with van der Waals surface area (Å²) < 4.78 is 51.6. The van der Waals surface area contributed by atoms with Crippen LogP contribution in [0.3, 0.4) is 0 Å². The maximum atomic E-state index is 13.1. The van der Waals surface area contributed by atoms with Crippen LogP contribution in [0.2, 0.25) is 0 Å². The van der Waals surface area contributed by atoms with Crippen molar-refractivity contribution in [3.63, 3.8) is 0 Å². The number of hydrogen-bond donors (Lipinski definition) is 1. The quantitative estimate of drug-likeness (QED) is 0.401. The molecule has 4 aromatic rings. The summed E-state index contributed by atoms with van der Waals surface area (Å²) in [5, 5.41) is 8.32. The number of carbonyl (C=O) groups is 1. The number of benzene rings is 1. The molecular weight excluding hydrogens is 505 g/mol. The number of hydrogen-bond acceptors (Lipinski definition) is 7. The summed E-state index contributed by atoms with van der Waals surface area (Å²) in [6.07, 6.45) is -2.21. The van der Waals surface area contributed by atoms with Crippen LogP contribution in [-0.2, 0) is 10.9 Å². The third-order valence-electron chi connectivity index (χ3n) is 6.20. The van der Waals surface area contributed by atoms with Gasteiger partial charge in [-0.05, 0) is 51.8 Å². The molecule has 1 amide bonds. The van der Waals surface area contributed by atoms with E-state index in [1.165, 1.54) is 24.4 Å². The van der Waals surface area contributed by atoms with E-state index in [1.54, 1.807) is 9.42 Å². The number of likely N-dealkylation sites (tertiary alicyclic amines) is 1. The molecule has 13 heteroatoms. The van der Waals surface area contributed by atoms with Crippen molar-refractivity contribution < 1.29 is 27.2 Å². The average molecular weight is 531 g/mol. The van der Waals surface area contributed by atoms with Gasteiger partial charge in [-0.15, -0.1) is 0 Å². The van der Waals surface area contributed by atoms with Crippen molar-refractivity contribution in [1.29, 1.82) is 0 Å². The smallest absolute Gasteiger partial charge is 0.416 e. The van der Waals surface area contributed by atoms with Crippen LogP contribution in [0.15, 0.2) is 45.8 Å². The van der Waals surface area contributed by atoms with Gasteiger partial charge in [0.1, 0.15) is 11.2 Å². The molecule has 5 rings (SSSR count). The van der Waals surface area contributed by atoms with Crippen LogP contribution in [0, 0.1) is 0 Å². The zero-order valence-corrected chi connectivity index (χ0v) is 20.9. The number of H-pyrrole nitrogens is 1. The van der Waals surface area contributed by atoms with Gasteiger partial charge in [-0.2, -0.15) is 23.3 Å². The summed E-state index contributed by atoms with van der Waals surface area (Å²) in [5.74, 6) is -0.0735.